The molecule has 1 atom stereocenters. The fourth-order valence-corrected chi connectivity index (χ4v) is 0.664. The van der Waals surface area contributed by atoms with Gasteiger partial charge in [-0.3, -0.25) is 9.98 Å². The Balaban J connectivity index is 4.20. The summed E-state index contributed by atoms with van der Waals surface area (Å²) in [6, 6.07) is 0.0156. The summed E-state index contributed by atoms with van der Waals surface area (Å²) in [6.45, 7) is 13.4. The highest BCUT2D eigenvalue weighted by atomic mass is 14.9. The molecular weight excluding hydrogens is 172 g/mol. The summed E-state index contributed by atoms with van der Waals surface area (Å²) in [5, 5.41) is 0. The average Bonchev–Trinajstić information content (AvgIpc) is 2.13. The predicted molar refractivity (Wildman–Crippen MR) is 65.2 cm³/mol. The minimum absolute atomic E-state index is 0.0156. The van der Waals surface area contributed by atoms with E-state index in [0.717, 1.165) is 5.70 Å². The summed E-state index contributed by atoms with van der Waals surface area (Å²) >= 11 is 0. The van der Waals surface area contributed by atoms with E-state index in [9.17, 15) is 0 Å². The van der Waals surface area contributed by atoms with Gasteiger partial charge in [-0.2, -0.15) is 0 Å². The van der Waals surface area contributed by atoms with E-state index in [1.54, 1.807) is 18.5 Å². The number of hydrogen-bond donors (Lipinski definition) is 0. The second-order valence-corrected chi connectivity index (χ2v) is 3.22. The van der Waals surface area contributed by atoms with Gasteiger partial charge in [-0.15, -0.1) is 0 Å². The Morgan fingerprint density at radius 1 is 1.29 bits per heavy atom. The second kappa shape index (κ2) is 7.01. The van der Waals surface area contributed by atoms with Crippen LogP contribution in [0.1, 0.15) is 20.8 Å². The van der Waals surface area contributed by atoms with Gasteiger partial charge >= 0.3 is 0 Å². The zero-order valence-corrected chi connectivity index (χ0v) is 9.20. The van der Waals surface area contributed by atoms with Gasteiger partial charge < -0.3 is 0 Å². The molecule has 0 aliphatic rings. The minimum Gasteiger partial charge on any atom is -0.284 e. The first kappa shape index (κ1) is 12.6. The van der Waals surface area contributed by atoms with E-state index in [1.807, 2.05) is 26.8 Å². The van der Waals surface area contributed by atoms with Gasteiger partial charge in [0.05, 0.1) is 11.7 Å². The first-order chi connectivity index (χ1) is 6.57. The quantitative estimate of drug-likeness (QED) is 0.595. The van der Waals surface area contributed by atoms with E-state index in [-0.39, 0.29) is 6.04 Å². The van der Waals surface area contributed by atoms with E-state index in [2.05, 4.69) is 23.1 Å². The fourth-order valence-electron chi connectivity index (χ4n) is 0.664. The van der Waals surface area contributed by atoms with Crippen LogP contribution in [0.25, 0.3) is 0 Å². The maximum atomic E-state index is 4.27. The molecule has 2 nitrogen and oxygen atoms in total. The third-order valence-corrected chi connectivity index (χ3v) is 1.55. The maximum absolute atomic E-state index is 4.27. The third kappa shape index (κ3) is 6.12. The van der Waals surface area contributed by atoms with Gasteiger partial charge in [-0.05, 0) is 26.8 Å². The van der Waals surface area contributed by atoms with Crippen LogP contribution in [0.2, 0.25) is 0 Å². The van der Waals surface area contributed by atoms with Gasteiger partial charge in [-0.25, -0.2) is 0 Å². The molecule has 0 heterocycles. The summed E-state index contributed by atoms with van der Waals surface area (Å²) in [5.74, 6) is 0. The molecule has 0 N–H and O–H groups in total. The van der Waals surface area contributed by atoms with Crippen molar-refractivity contribution in [2.24, 2.45) is 9.98 Å². The zero-order chi connectivity index (χ0) is 11.0. The van der Waals surface area contributed by atoms with E-state index < -0.39 is 0 Å². The molecule has 0 saturated carbocycles. The Bertz CT molecular complexity index is 279. The van der Waals surface area contributed by atoms with Crippen molar-refractivity contribution in [3.8, 4) is 0 Å². The molecule has 14 heavy (non-hydrogen) atoms. The Morgan fingerprint density at radius 3 is 2.43 bits per heavy atom. The molecule has 0 aromatic carbocycles. The summed E-state index contributed by atoms with van der Waals surface area (Å²) in [4.78, 5) is 8.34. The minimum atomic E-state index is 0.0156. The highest BCUT2D eigenvalue weighted by Gasteiger charge is 1.99. The molecule has 1 unspecified atom stereocenters. The molecule has 0 saturated heterocycles. The van der Waals surface area contributed by atoms with Crippen molar-refractivity contribution in [3.05, 3.63) is 36.6 Å². The lowest BCUT2D eigenvalue weighted by molar-refractivity contribution is 0.861. The molecule has 0 aliphatic carbocycles. The predicted octanol–water partition coefficient (Wildman–Crippen LogP) is 3.18. The van der Waals surface area contributed by atoms with Gasteiger partial charge in [0.1, 0.15) is 0 Å². The number of aliphatic imine (C=N–C) groups is 2. The lowest BCUT2D eigenvalue weighted by Gasteiger charge is -2.03. The van der Waals surface area contributed by atoms with Crippen molar-refractivity contribution in [3.63, 3.8) is 0 Å². The zero-order valence-electron chi connectivity index (χ0n) is 9.20. The smallest absolute Gasteiger partial charge is 0.0885 e. The summed E-state index contributed by atoms with van der Waals surface area (Å²) < 4.78 is 0. The van der Waals surface area contributed by atoms with Crippen LogP contribution in [0.4, 0.5) is 0 Å². The van der Waals surface area contributed by atoms with E-state index in [0.29, 0.717) is 0 Å². The molecule has 0 rings (SSSR count). The van der Waals surface area contributed by atoms with Gasteiger partial charge in [0.15, 0.2) is 0 Å². The van der Waals surface area contributed by atoms with Crippen molar-refractivity contribution < 1.29 is 0 Å². The topological polar surface area (TPSA) is 24.7 Å². The van der Waals surface area contributed by atoms with Crippen LogP contribution in [0.5, 0.6) is 0 Å². The molecule has 0 bridgehead atoms. The molecular formula is C12H18N2. The van der Waals surface area contributed by atoms with Crippen molar-refractivity contribution in [2.75, 3.05) is 0 Å². The first-order valence-electron chi connectivity index (χ1n) is 4.58. The third-order valence-electron chi connectivity index (χ3n) is 1.55. The van der Waals surface area contributed by atoms with Gasteiger partial charge in [0, 0.05) is 12.4 Å². The SMILES string of the molecule is C=C/C=N\C(=C)C(C)/N=C\C=C(C)C. The van der Waals surface area contributed by atoms with E-state index in [1.165, 1.54) is 5.57 Å². The molecule has 0 fully saturated rings. The van der Waals surface area contributed by atoms with Crippen LogP contribution >= 0.6 is 0 Å². The number of allylic oxidation sites excluding steroid dienone is 3. The van der Waals surface area contributed by atoms with Gasteiger partial charge in [-0.1, -0.05) is 24.8 Å². The lowest BCUT2D eigenvalue weighted by atomic mass is 10.3. The Hall–Kier alpha value is -1.44. The molecule has 76 valence electrons. The van der Waals surface area contributed by atoms with Crippen molar-refractivity contribution in [1.29, 1.82) is 0 Å². The average molecular weight is 190 g/mol. The highest BCUT2D eigenvalue weighted by Crippen LogP contribution is 2.03. The number of nitrogens with zero attached hydrogens (tertiary/aromatic N) is 2. The van der Waals surface area contributed by atoms with Crippen LogP contribution in [0.3, 0.4) is 0 Å². The van der Waals surface area contributed by atoms with E-state index >= 15 is 0 Å². The van der Waals surface area contributed by atoms with Crippen molar-refractivity contribution >= 4 is 12.4 Å². The maximum Gasteiger partial charge on any atom is 0.0885 e. The van der Waals surface area contributed by atoms with Crippen molar-refractivity contribution in [1.82, 2.24) is 0 Å². The Kier molecular flexibility index (Phi) is 6.29. The number of rotatable bonds is 5. The second-order valence-electron chi connectivity index (χ2n) is 3.22. The standard InChI is InChI=1S/C12H18N2/c1-6-8-13-11(4)12(5)14-9-7-10(2)3/h6-9,12H,1,4H2,2-3,5H3/b13-8-,14-9-. The molecule has 0 aliphatic heterocycles. The largest absolute Gasteiger partial charge is 0.284 e. The summed E-state index contributed by atoms with van der Waals surface area (Å²) in [6.07, 6.45) is 6.99. The molecule has 0 aromatic rings. The molecule has 0 spiro atoms. The van der Waals surface area contributed by atoms with Crippen molar-refractivity contribution in [2.45, 2.75) is 26.8 Å². The summed E-state index contributed by atoms with van der Waals surface area (Å²) in [7, 11) is 0. The Morgan fingerprint density at radius 2 is 1.93 bits per heavy atom. The lowest BCUT2D eigenvalue weighted by Crippen LogP contribution is -1.99. The fraction of sp³-hybridized carbons (Fsp3) is 0.333. The Labute approximate surface area is 86.5 Å². The van der Waals surface area contributed by atoms with Gasteiger partial charge in [0.25, 0.3) is 0 Å². The molecule has 2 heteroatoms. The van der Waals surface area contributed by atoms with E-state index in [4.69, 9.17) is 0 Å². The molecule has 0 aromatic heterocycles. The number of hydrogen-bond acceptors (Lipinski definition) is 2. The monoisotopic (exact) mass is 190 g/mol. The van der Waals surface area contributed by atoms with Crippen LogP contribution < -0.4 is 0 Å². The van der Waals surface area contributed by atoms with Crippen LogP contribution in [-0.4, -0.2) is 18.5 Å². The normalized spacial score (nSPS) is 13.1. The molecule has 0 amide bonds. The molecule has 0 radical (unpaired) electrons. The van der Waals surface area contributed by atoms with Crippen LogP contribution in [0.15, 0.2) is 46.6 Å². The van der Waals surface area contributed by atoms with Crippen LogP contribution in [-0.2, 0) is 0 Å². The first-order valence-corrected chi connectivity index (χ1v) is 4.58. The highest BCUT2D eigenvalue weighted by molar-refractivity contribution is 5.73. The summed E-state index contributed by atoms with van der Waals surface area (Å²) in [5.41, 5.74) is 1.96. The van der Waals surface area contributed by atoms with Crippen LogP contribution in [0, 0.1) is 0 Å². The van der Waals surface area contributed by atoms with Gasteiger partial charge in [0.2, 0.25) is 0 Å².